The Labute approximate surface area is 231 Å². The molecule has 2 aliphatic rings. The van der Waals surface area contributed by atoms with Crippen molar-refractivity contribution in [2.45, 2.75) is 18.3 Å². The minimum Gasteiger partial charge on any atom is -0.543 e. The summed E-state index contributed by atoms with van der Waals surface area (Å²) in [5.74, 6) is -4.46. The summed E-state index contributed by atoms with van der Waals surface area (Å²) in [5, 5.41) is 35.3. The van der Waals surface area contributed by atoms with E-state index in [1.54, 1.807) is 0 Å². The Morgan fingerprint density at radius 2 is 2.00 bits per heavy atom. The number of hydrogen-bond acceptors (Lipinski definition) is 12. The number of thioether (sulfide) groups is 1. The van der Waals surface area contributed by atoms with Gasteiger partial charge in [0.25, 0.3) is 11.8 Å². The maximum absolute atomic E-state index is 12.8. The molecule has 0 radical (unpaired) electrons. The van der Waals surface area contributed by atoms with Crippen molar-refractivity contribution in [1.29, 1.82) is 0 Å². The number of carbonyl (C=O) groups is 4. The molecule has 2 heterocycles. The minimum atomic E-state index is -3.78. The van der Waals surface area contributed by atoms with E-state index in [0.717, 1.165) is 42.0 Å². The summed E-state index contributed by atoms with van der Waals surface area (Å²) in [6.07, 6.45) is 0.843. The molecule has 0 aromatic heterocycles. The van der Waals surface area contributed by atoms with Gasteiger partial charge in [0.2, 0.25) is 10.0 Å². The molecule has 0 spiro atoms. The first-order valence-corrected chi connectivity index (χ1v) is 12.6. The first-order valence-electron chi connectivity index (χ1n) is 9.69. The molecule has 1 fully saturated rings. The maximum Gasteiger partial charge on any atom is 1.00 e. The predicted molar refractivity (Wildman–Crippen MR) is 119 cm³/mol. The van der Waals surface area contributed by atoms with Crippen LogP contribution >= 0.6 is 11.8 Å². The number of oxime groups is 1. The zero-order chi connectivity index (χ0) is 26.1. The van der Waals surface area contributed by atoms with Crippen LogP contribution in [0.3, 0.4) is 0 Å². The van der Waals surface area contributed by atoms with Gasteiger partial charge in [0, 0.05) is 23.8 Å². The first-order chi connectivity index (χ1) is 16.3. The number of amides is 2. The Hall–Kier alpha value is -2.79. The summed E-state index contributed by atoms with van der Waals surface area (Å²) in [6, 6.07) is 2.11. The third-order valence-electron chi connectivity index (χ3n) is 4.86. The van der Waals surface area contributed by atoms with Gasteiger partial charge in [-0.05, 0) is 18.2 Å². The second-order valence-electron chi connectivity index (χ2n) is 7.44. The van der Waals surface area contributed by atoms with Crippen LogP contribution in [0, 0.1) is 0 Å². The third-order valence-corrected chi connectivity index (χ3v) is 6.79. The molecule has 2 atom stereocenters. The number of carboxylic acid groups (broad SMARTS) is 1. The van der Waals surface area contributed by atoms with E-state index in [2.05, 4.69) is 10.5 Å². The van der Waals surface area contributed by atoms with Crippen molar-refractivity contribution in [2.24, 2.45) is 5.16 Å². The topological polar surface area (TPSA) is 215 Å². The van der Waals surface area contributed by atoms with Crippen molar-refractivity contribution in [3.63, 3.8) is 0 Å². The molecule has 0 saturated carbocycles. The number of anilines is 1. The van der Waals surface area contributed by atoms with Gasteiger partial charge in [-0.3, -0.25) is 24.0 Å². The molecule has 0 unspecified atom stereocenters. The minimum absolute atomic E-state index is 0. The first kappa shape index (κ1) is 29.4. The van der Waals surface area contributed by atoms with Crippen molar-refractivity contribution in [1.82, 2.24) is 10.2 Å². The van der Waals surface area contributed by atoms with Gasteiger partial charge in [-0.1, -0.05) is 5.16 Å². The SMILES string of the molecule is CC(=O)OCC1=C(C(=O)[O-])N2C(=O)[C@@H](NC(=O)C(=NO)c3ccc(O)c(NS(C)(=O)=O)c3)[C@H]2SC1.[Na+]. The fraction of sp³-hybridized carbons (Fsp3) is 0.316. The van der Waals surface area contributed by atoms with Crippen molar-refractivity contribution in [3.8, 4) is 5.75 Å². The van der Waals surface area contributed by atoms with Crippen LogP contribution in [0.4, 0.5) is 5.69 Å². The van der Waals surface area contributed by atoms with Crippen molar-refractivity contribution in [2.75, 3.05) is 23.3 Å². The van der Waals surface area contributed by atoms with Crippen LogP contribution in [0.1, 0.15) is 12.5 Å². The van der Waals surface area contributed by atoms with Crippen LogP contribution in [-0.2, 0) is 33.9 Å². The number of hydrogen-bond donors (Lipinski definition) is 4. The van der Waals surface area contributed by atoms with Crippen molar-refractivity contribution in [3.05, 3.63) is 35.0 Å². The van der Waals surface area contributed by atoms with Crippen LogP contribution in [0.15, 0.2) is 34.6 Å². The number of carboxylic acids is 1. The number of benzene rings is 1. The van der Waals surface area contributed by atoms with Crippen LogP contribution in [0.25, 0.3) is 0 Å². The second-order valence-corrected chi connectivity index (χ2v) is 10.3. The van der Waals surface area contributed by atoms with E-state index < -0.39 is 62.4 Å². The van der Waals surface area contributed by atoms with Gasteiger partial charge < -0.3 is 30.3 Å². The Morgan fingerprint density at radius 3 is 2.56 bits per heavy atom. The predicted octanol–water partition coefficient (Wildman–Crippen LogP) is -5.09. The van der Waals surface area contributed by atoms with Gasteiger partial charge in [-0.2, -0.15) is 0 Å². The summed E-state index contributed by atoms with van der Waals surface area (Å²) in [7, 11) is -3.78. The number of carbonyl (C=O) groups excluding carboxylic acids is 4. The van der Waals surface area contributed by atoms with Gasteiger partial charge >= 0.3 is 35.5 Å². The number of phenols is 1. The Bertz CT molecular complexity index is 1280. The molecule has 1 saturated heterocycles. The van der Waals surface area contributed by atoms with E-state index in [-0.39, 0.29) is 58.7 Å². The van der Waals surface area contributed by atoms with E-state index in [0.29, 0.717) is 0 Å². The van der Waals surface area contributed by atoms with E-state index in [1.807, 2.05) is 4.72 Å². The fourth-order valence-corrected chi connectivity index (χ4v) is 5.27. The summed E-state index contributed by atoms with van der Waals surface area (Å²) >= 11 is 1.11. The van der Waals surface area contributed by atoms with Gasteiger partial charge in [-0.15, -0.1) is 11.8 Å². The van der Waals surface area contributed by atoms with Gasteiger partial charge in [0.05, 0.1) is 23.6 Å². The number of phenolic OH excluding ortho intramolecular Hbond substituents is 1. The molecule has 36 heavy (non-hydrogen) atoms. The standard InChI is InChI=1S/C19H20N4O10S2.Na/c1-8(24)33-6-10-7-34-18-14(17(27)23(18)15(10)19(28)29)20-16(26)13(21-30)9-3-4-12(25)11(5-9)22-35(2,31)32;/h3-5,14,18,22,25,30H,6-7H2,1-2H3,(H,20,26)(H,28,29);/q;+1/p-1/t14-,18-;/m1./s1. The zero-order valence-electron chi connectivity index (χ0n) is 19.2. The summed E-state index contributed by atoms with van der Waals surface area (Å²) < 4.78 is 29.8. The van der Waals surface area contributed by atoms with Crippen LogP contribution in [0.5, 0.6) is 5.75 Å². The number of fused-ring (bicyclic) bond motifs is 1. The number of nitrogens with one attached hydrogen (secondary N) is 2. The van der Waals surface area contributed by atoms with Gasteiger partial charge in [-0.25, -0.2) is 8.42 Å². The molecular formula is C19H19N4NaO10S2. The maximum atomic E-state index is 12.8. The van der Waals surface area contributed by atoms with E-state index in [1.165, 1.54) is 6.07 Å². The van der Waals surface area contributed by atoms with E-state index in [9.17, 15) is 43.0 Å². The number of aromatic hydroxyl groups is 1. The van der Waals surface area contributed by atoms with Gasteiger partial charge in [0.1, 0.15) is 23.8 Å². The monoisotopic (exact) mass is 550 g/mol. The Balaban J connectivity index is 0.00000456. The van der Waals surface area contributed by atoms with Gasteiger partial charge in [0.15, 0.2) is 5.71 Å². The largest absolute Gasteiger partial charge is 1.00 e. The van der Waals surface area contributed by atoms with E-state index in [4.69, 9.17) is 4.74 Å². The smallest absolute Gasteiger partial charge is 0.543 e. The summed E-state index contributed by atoms with van der Waals surface area (Å²) in [4.78, 5) is 49.1. The molecular weight excluding hydrogens is 531 g/mol. The average molecular weight is 551 g/mol. The second kappa shape index (κ2) is 11.5. The number of nitrogens with zero attached hydrogens (tertiary/aromatic N) is 2. The van der Waals surface area contributed by atoms with Crippen LogP contribution in [0.2, 0.25) is 0 Å². The summed E-state index contributed by atoms with van der Waals surface area (Å²) in [5.41, 5.74) is -1.26. The molecule has 0 bridgehead atoms. The van der Waals surface area contributed by atoms with E-state index >= 15 is 0 Å². The molecule has 2 amide bonds. The Morgan fingerprint density at radius 1 is 1.33 bits per heavy atom. The van der Waals surface area contributed by atoms with Crippen LogP contribution < -0.4 is 44.7 Å². The molecule has 4 N–H and O–H groups in total. The number of esters is 1. The molecule has 1 aromatic rings. The number of sulfonamides is 1. The van der Waals surface area contributed by atoms with Crippen molar-refractivity contribution < 1.29 is 77.3 Å². The fourth-order valence-electron chi connectivity index (χ4n) is 3.38. The molecule has 2 aliphatic heterocycles. The normalized spacial score (nSPS) is 19.4. The quantitative estimate of drug-likeness (QED) is 0.0457. The number of β-lactam (4-membered cyclic amide) rings is 1. The Kier molecular flexibility index (Phi) is 9.41. The molecule has 14 nitrogen and oxygen atoms in total. The summed E-state index contributed by atoms with van der Waals surface area (Å²) in [6.45, 7) is 0.804. The third kappa shape index (κ3) is 6.31. The van der Waals surface area contributed by atoms with Crippen molar-refractivity contribution >= 4 is 56.9 Å². The molecule has 1 aromatic carbocycles. The molecule has 0 aliphatic carbocycles. The van der Waals surface area contributed by atoms with Crippen LogP contribution in [-0.4, -0.2) is 83.1 Å². The molecule has 3 rings (SSSR count). The average Bonchev–Trinajstić information content (AvgIpc) is 2.76. The number of aliphatic carboxylic acids is 1. The molecule has 17 heteroatoms. The number of rotatable bonds is 8. The zero-order valence-corrected chi connectivity index (χ0v) is 22.8. The molecule has 188 valence electrons. The number of ether oxygens (including phenoxy) is 1.